The molecule has 0 unspecified atom stereocenters. The fraction of sp³-hybridized carbons (Fsp3) is 0.222. The molecule has 1 aromatic rings. The number of nitrogen functional groups attached to an aromatic ring is 1. The molecule has 3 amide bonds. The van der Waals surface area contributed by atoms with E-state index in [0.717, 1.165) is 4.90 Å². The van der Waals surface area contributed by atoms with Gasteiger partial charge in [-0.15, -0.1) is 0 Å². The first-order valence-corrected chi connectivity index (χ1v) is 4.45. The second-order valence-electron chi connectivity index (χ2n) is 3.22. The maximum Gasteiger partial charge on any atom is 0.324 e. The number of nitrogens with one attached hydrogen (secondary N) is 1. The van der Waals surface area contributed by atoms with Crippen LogP contribution in [0.4, 0.5) is 10.5 Å². The summed E-state index contributed by atoms with van der Waals surface area (Å²) in [5, 5.41) is 2.43. The summed E-state index contributed by atoms with van der Waals surface area (Å²) in [5.41, 5.74) is 6.72. The van der Waals surface area contributed by atoms with Crippen LogP contribution < -0.4 is 11.1 Å². The Morgan fingerprint density at radius 1 is 1.53 bits per heavy atom. The van der Waals surface area contributed by atoms with Crippen LogP contribution in [0.25, 0.3) is 0 Å². The molecule has 0 saturated carbocycles. The van der Waals surface area contributed by atoms with Gasteiger partial charge in [0.15, 0.2) is 0 Å². The monoisotopic (exact) mass is 206 g/mol. The molecule has 6 nitrogen and oxygen atoms in total. The van der Waals surface area contributed by atoms with E-state index in [1.54, 1.807) is 18.3 Å². The van der Waals surface area contributed by atoms with Gasteiger partial charge in [0.2, 0.25) is 5.91 Å². The zero-order chi connectivity index (χ0) is 10.8. The van der Waals surface area contributed by atoms with E-state index in [0.29, 0.717) is 11.4 Å². The van der Waals surface area contributed by atoms with Gasteiger partial charge in [-0.25, -0.2) is 4.79 Å². The molecule has 0 aliphatic carbocycles. The van der Waals surface area contributed by atoms with E-state index in [4.69, 9.17) is 5.73 Å². The van der Waals surface area contributed by atoms with Crippen LogP contribution in [0, 0.1) is 0 Å². The Balaban J connectivity index is 2.15. The molecule has 1 aromatic heterocycles. The van der Waals surface area contributed by atoms with Gasteiger partial charge >= 0.3 is 6.03 Å². The molecular weight excluding hydrogens is 196 g/mol. The summed E-state index contributed by atoms with van der Waals surface area (Å²) >= 11 is 0. The molecule has 1 saturated heterocycles. The van der Waals surface area contributed by atoms with E-state index in [2.05, 4.69) is 10.3 Å². The van der Waals surface area contributed by atoms with Crippen LogP contribution in [0.5, 0.6) is 0 Å². The Hall–Kier alpha value is -2.11. The molecule has 1 aliphatic heterocycles. The number of carbonyl (C=O) groups is 2. The number of anilines is 1. The molecule has 0 bridgehead atoms. The molecule has 2 rings (SSSR count). The van der Waals surface area contributed by atoms with Crippen molar-refractivity contribution in [1.29, 1.82) is 0 Å². The lowest BCUT2D eigenvalue weighted by Crippen LogP contribution is -2.30. The molecule has 6 heteroatoms. The zero-order valence-electron chi connectivity index (χ0n) is 7.93. The van der Waals surface area contributed by atoms with Gasteiger partial charge < -0.3 is 11.1 Å². The van der Waals surface area contributed by atoms with Crippen molar-refractivity contribution < 1.29 is 9.59 Å². The maximum absolute atomic E-state index is 11.3. The smallest absolute Gasteiger partial charge is 0.324 e. The van der Waals surface area contributed by atoms with Gasteiger partial charge in [0.05, 0.1) is 18.8 Å². The Morgan fingerprint density at radius 2 is 2.33 bits per heavy atom. The average molecular weight is 206 g/mol. The molecule has 0 aromatic carbocycles. The second kappa shape index (κ2) is 3.56. The first-order chi connectivity index (χ1) is 7.16. The third-order valence-corrected chi connectivity index (χ3v) is 2.10. The number of carbonyl (C=O) groups excluding carboxylic acids is 2. The minimum absolute atomic E-state index is 0.0567. The molecule has 1 aliphatic rings. The molecule has 0 atom stereocenters. The molecule has 3 N–H and O–H groups in total. The Labute approximate surface area is 86.1 Å². The normalized spacial score (nSPS) is 15.6. The maximum atomic E-state index is 11.3. The number of aromatic nitrogens is 1. The molecule has 78 valence electrons. The quantitative estimate of drug-likeness (QED) is 0.651. The lowest BCUT2D eigenvalue weighted by molar-refractivity contribution is -0.125. The number of urea groups is 1. The predicted octanol–water partition coefficient (Wildman–Crippen LogP) is -0.284. The van der Waals surface area contributed by atoms with Crippen molar-refractivity contribution in [1.82, 2.24) is 15.2 Å². The van der Waals surface area contributed by atoms with E-state index >= 15 is 0 Å². The Kier molecular flexibility index (Phi) is 2.24. The number of rotatable bonds is 2. The summed E-state index contributed by atoms with van der Waals surface area (Å²) in [5.74, 6) is -0.246. The molecule has 1 fully saturated rings. The third-order valence-electron chi connectivity index (χ3n) is 2.10. The zero-order valence-corrected chi connectivity index (χ0v) is 7.93. The SMILES string of the molecule is Nc1ccnc(CN2C(=O)CNC2=O)c1. The summed E-state index contributed by atoms with van der Waals surface area (Å²) in [6.07, 6.45) is 1.54. The Morgan fingerprint density at radius 3 is 2.93 bits per heavy atom. The van der Waals surface area contributed by atoms with Gasteiger partial charge in [-0.05, 0) is 12.1 Å². The number of imide groups is 1. The van der Waals surface area contributed by atoms with Crippen molar-refractivity contribution in [3.8, 4) is 0 Å². The first-order valence-electron chi connectivity index (χ1n) is 4.45. The van der Waals surface area contributed by atoms with Crippen LogP contribution in [0.3, 0.4) is 0 Å². The van der Waals surface area contributed by atoms with E-state index in [1.165, 1.54) is 0 Å². The largest absolute Gasteiger partial charge is 0.399 e. The Bertz CT molecular complexity index is 402. The number of hydrogen-bond donors (Lipinski definition) is 2. The molecule has 2 heterocycles. The van der Waals surface area contributed by atoms with Crippen molar-refractivity contribution in [2.24, 2.45) is 0 Å². The molecule has 15 heavy (non-hydrogen) atoms. The predicted molar refractivity (Wildman–Crippen MR) is 52.6 cm³/mol. The van der Waals surface area contributed by atoms with Gasteiger partial charge in [0, 0.05) is 11.9 Å². The van der Waals surface area contributed by atoms with Gasteiger partial charge in [-0.2, -0.15) is 0 Å². The van der Waals surface area contributed by atoms with Crippen molar-refractivity contribution in [2.45, 2.75) is 6.54 Å². The third kappa shape index (κ3) is 1.88. The van der Waals surface area contributed by atoms with Gasteiger partial charge in [-0.1, -0.05) is 0 Å². The number of hydrogen-bond acceptors (Lipinski definition) is 4. The van der Waals surface area contributed by atoms with Gasteiger partial charge in [0.25, 0.3) is 0 Å². The van der Waals surface area contributed by atoms with E-state index < -0.39 is 0 Å². The summed E-state index contributed by atoms with van der Waals surface area (Å²) in [4.78, 5) is 27.6. The highest BCUT2D eigenvalue weighted by Gasteiger charge is 2.28. The summed E-state index contributed by atoms with van der Waals surface area (Å²) < 4.78 is 0. The highest BCUT2D eigenvalue weighted by Crippen LogP contribution is 2.08. The summed E-state index contributed by atoms with van der Waals surface area (Å²) in [7, 11) is 0. The highest BCUT2D eigenvalue weighted by molar-refractivity contribution is 6.01. The fourth-order valence-corrected chi connectivity index (χ4v) is 1.36. The van der Waals surface area contributed by atoms with Crippen LogP contribution in [0.15, 0.2) is 18.3 Å². The van der Waals surface area contributed by atoms with Crippen molar-refractivity contribution >= 4 is 17.6 Å². The number of nitrogens with zero attached hydrogens (tertiary/aromatic N) is 2. The molecule has 0 spiro atoms. The van der Waals surface area contributed by atoms with Crippen LogP contribution in [-0.4, -0.2) is 28.4 Å². The van der Waals surface area contributed by atoms with Crippen LogP contribution in [0.1, 0.15) is 5.69 Å². The number of amides is 3. The summed E-state index contributed by atoms with van der Waals surface area (Å²) in [6, 6.07) is 2.90. The second-order valence-corrected chi connectivity index (χ2v) is 3.22. The van der Waals surface area contributed by atoms with Crippen LogP contribution in [0.2, 0.25) is 0 Å². The molecule has 0 radical (unpaired) electrons. The van der Waals surface area contributed by atoms with E-state index in [-0.39, 0.29) is 25.0 Å². The standard InChI is InChI=1S/C9H10N4O2/c10-6-1-2-11-7(3-6)5-13-8(14)4-12-9(13)15/h1-3H,4-5H2,(H2,10,11)(H,12,15). The van der Waals surface area contributed by atoms with Crippen LogP contribution >= 0.6 is 0 Å². The number of pyridine rings is 1. The minimum Gasteiger partial charge on any atom is -0.399 e. The topological polar surface area (TPSA) is 88.3 Å². The highest BCUT2D eigenvalue weighted by atomic mass is 16.2. The van der Waals surface area contributed by atoms with Gasteiger partial charge in [-0.3, -0.25) is 14.7 Å². The minimum atomic E-state index is -0.385. The molecular formula is C9H10N4O2. The fourth-order valence-electron chi connectivity index (χ4n) is 1.36. The average Bonchev–Trinajstić information content (AvgIpc) is 2.50. The summed E-state index contributed by atoms with van der Waals surface area (Å²) in [6.45, 7) is 0.219. The van der Waals surface area contributed by atoms with Crippen molar-refractivity contribution in [2.75, 3.05) is 12.3 Å². The lowest BCUT2D eigenvalue weighted by Gasteiger charge is -2.11. The number of nitrogens with two attached hydrogens (primary N) is 1. The van der Waals surface area contributed by atoms with E-state index in [9.17, 15) is 9.59 Å². The van der Waals surface area contributed by atoms with E-state index in [1.807, 2.05) is 0 Å². The first kappa shape index (κ1) is 9.45. The van der Waals surface area contributed by atoms with Crippen molar-refractivity contribution in [3.63, 3.8) is 0 Å². The van der Waals surface area contributed by atoms with Crippen molar-refractivity contribution in [3.05, 3.63) is 24.0 Å². The van der Waals surface area contributed by atoms with Crippen LogP contribution in [-0.2, 0) is 11.3 Å². The lowest BCUT2D eigenvalue weighted by atomic mass is 10.3. The van der Waals surface area contributed by atoms with Gasteiger partial charge in [0.1, 0.15) is 0 Å².